The predicted molar refractivity (Wildman–Crippen MR) is 258 cm³/mol. The highest BCUT2D eigenvalue weighted by Crippen LogP contribution is 2.42. The van der Waals surface area contributed by atoms with Gasteiger partial charge in [0, 0.05) is 62.8 Å². The number of fused-ring (bicyclic) bond motifs is 2. The Hall–Kier alpha value is -5.68. The molecule has 6 aromatic rings. The van der Waals surface area contributed by atoms with Crippen molar-refractivity contribution in [2.24, 2.45) is 0 Å². The zero-order valence-electron chi connectivity index (χ0n) is 37.3. The quantitative estimate of drug-likeness (QED) is 0.0385. The van der Waals surface area contributed by atoms with Crippen LogP contribution in [0.1, 0.15) is 62.4 Å². The number of hydrogen-bond donors (Lipinski definition) is 5. The van der Waals surface area contributed by atoms with Gasteiger partial charge in [0.1, 0.15) is 30.3 Å². The van der Waals surface area contributed by atoms with Crippen LogP contribution in [0.25, 0.3) is 22.1 Å². The molecule has 3 aromatic heterocycles. The van der Waals surface area contributed by atoms with Crippen LogP contribution in [0.15, 0.2) is 68.5 Å². The maximum Gasteiger partial charge on any atom is 0.420 e. The van der Waals surface area contributed by atoms with Crippen molar-refractivity contribution in [1.82, 2.24) is 40.5 Å². The second-order valence-corrected chi connectivity index (χ2v) is 20.8. The van der Waals surface area contributed by atoms with Crippen LogP contribution < -0.4 is 47.3 Å². The lowest BCUT2D eigenvalue weighted by atomic mass is 10.0. The molecule has 2 saturated heterocycles. The standard InChI is InChI=1S/C46H55BrN11O6P/c1-6-28-23-34(54-45-51-26-31(47)43(56-45)53-33-10-9-32-41(42(33)65(4,5)62)50-25-29(7-2)52-32)38(63-3)24-37(28)57-20-15-30(16-21-57)49-19-18-48-17-14-27-8-11-35-39(22-27)64-46(61)58(35)36-12-13-40(59)55-44(36)60/h8-11,22-26,30,36,48-49H,6-7,12-21H2,1-5H3,(H,55,59,60)(H2,51,53,54,56). The lowest BCUT2D eigenvalue weighted by molar-refractivity contribution is -0.135. The molecule has 5 heterocycles. The molecule has 342 valence electrons. The Kier molecular flexibility index (Phi) is 14.0. The predicted octanol–water partition coefficient (Wildman–Crippen LogP) is 6.33. The summed E-state index contributed by atoms with van der Waals surface area (Å²) in [5, 5.41) is 17.0. The van der Waals surface area contributed by atoms with Crippen LogP contribution in [-0.4, -0.2) is 95.5 Å². The van der Waals surface area contributed by atoms with Gasteiger partial charge in [-0.25, -0.2) is 14.8 Å². The van der Waals surface area contributed by atoms with Crippen molar-refractivity contribution in [2.45, 2.75) is 70.9 Å². The van der Waals surface area contributed by atoms with Gasteiger partial charge < -0.3 is 39.9 Å². The fourth-order valence-corrected chi connectivity index (χ4v) is 10.3. The van der Waals surface area contributed by atoms with E-state index in [1.54, 1.807) is 32.8 Å². The summed E-state index contributed by atoms with van der Waals surface area (Å²) in [6.45, 7) is 11.9. The Morgan fingerprint density at radius 3 is 2.48 bits per heavy atom. The largest absolute Gasteiger partial charge is 0.494 e. The third-order valence-electron chi connectivity index (χ3n) is 12.0. The molecule has 3 aromatic carbocycles. The number of amides is 2. The monoisotopic (exact) mass is 967 g/mol. The first kappa shape index (κ1) is 45.9. The summed E-state index contributed by atoms with van der Waals surface area (Å²) in [7, 11) is -1.14. The smallest absolute Gasteiger partial charge is 0.420 e. The molecule has 17 nitrogen and oxygen atoms in total. The van der Waals surface area contributed by atoms with Crippen molar-refractivity contribution in [3.8, 4) is 5.75 Å². The molecule has 5 N–H and O–H groups in total. The van der Waals surface area contributed by atoms with Crippen LogP contribution >= 0.6 is 23.1 Å². The van der Waals surface area contributed by atoms with Crippen molar-refractivity contribution in [3.63, 3.8) is 0 Å². The Morgan fingerprint density at radius 1 is 0.923 bits per heavy atom. The van der Waals surface area contributed by atoms with Gasteiger partial charge in [0.25, 0.3) is 0 Å². The van der Waals surface area contributed by atoms with Gasteiger partial charge >= 0.3 is 5.76 Å². The number of hydrogen-bond acceptors (Lipinski definition) is 15. The molecule has 2 amide bonds. The SMILES string of the molecule is CCc1cnc2c(P(C)(C)=O)c(Nc3nc(Nc4cc(CC)c(N5CCC(NCCNCCc6ccc7c(c6)oc(=O)n7C6CCC(=O)NC6=O)CC5)cc4OC)ncc3Br)ccc2n1. The third kappa shape index (κ3) is 10.3. The van der Waals surface area contributed by atoms with Crippen molar-refractivity contribution >= 4 is 91.2 Å². The molecule has 0 spiro atoms. The van der Waals surface area contributed by atoms with Gasteiger partial charge in [0.15, 0.2) is 5.58 Å². The van der Waals surface area contributed by atoms with E-state index in [9.17, 15) is 18.9 Å². The Balaban J connectivity index is 0.840. The number of nitrogens with one attached hydrogen (secondary N) is 5. The van der Waals surface area contributed by atoms with Crippen LogP contribution in [0.2, 0.25) is 0 Å². The average Bonchev–Trinajstić information content (AvgIpc) is 3.62. The van der Waals surface area contributed by atoms with Crippen molar-refractivity contribution < 1.29 is 23.3 Å². The Morgan fingerprint density at radius 2 is 1.74 bits per heavy atom. The maximum atomic E-state index is 13.7. The van der Waals surface area contributed by atoms with Crippen LogP contribution in [-0.2, 0) is 33.4 Å². The summed E-state index contributed by atoms with van der Waals surface area (Å²) in [5.41, 5.74) is 7.92. The Labute approximate surface area is 385 Å². The number of carbonyl (C=O) groups is 2. The molecule has 0 aliphatic carbocycles. The minimum absolute atomic E-state index is 0.182. The number of oxazole rings is 1. The molecule has 0 saturated carbocycles. The van der Waals surface area contributed by atoms with Crippen molar-refractivity contribution in [1.29, 1.82) is 0 Å². The molecule has 8 rings (SSSR count). The number of anilines is 5. The minimum Gasteiger partial charge on any atom is -0.494 e. The fourth-order valence-electron chi connectivity index (χ4n) is 8.65. The molecule has 19 heteroatoms. The summed E-state index contributed by atoms with van der Waals surface area (Å²) < 4.78 is 27.1. The van der Waals surface area contributed by atoms with Gasteiger partial charge in [-0.05, 0) is 116 Å². The number of piperidine rings is 2. The first-order valence-corrected chi connectivity index (χ1v) is 25.5. The van der Waals surface area contributed by atoms with Crippen LogP contribution in [0, 0.1) is 0 Å². The number of halogens is 1. The summed E-state index contributed by atoms with van der Waals surface area (Å²) >= 11 is 3.60. The zero-order valence-corrected chi connectivity index (χ0v) is 39.8. The molecule has 65 heavy (non-hydrogen) atoms. The number of nitrogens with zero attached hydrogens (tertiary/aromatic N) is 6. The van der Waals surface area contributed by atoms with E-state index in [1.165, 1.54) is 10.1 Å². The number of carbonyl (C=O) groups excluding carboxylic acids is 2. The molecular weight excluding hydrogens is 913 g/mol. The molecular formula is C46H55BrN11O6P. The second kappa shape index (κ2) is 19.8. The zero-order chi connectivity index (χ0) is 45.8. The summed E-state index contributed by atoms with van der Waals surface area (Å²) in [6, 6.07) is 13.2. The van der Waals surface area contributed by atoms with E-state index in [4.69, 9.17) is 19.1 Å². The van der Waals surface area contributed by atoms with Crippen molar-refractivity contribution in [3.05, 3.63) is 86.7 Å². The normalized spacial score (nSPS) is 16.0. The van der Waals surface area contributed by atoms with E-state index in [0.717, 1.165) is 87.5 Å². The first-order valence-electron chi connectivity index (χ1n) is 22.1. The molecule has 1 unspecified atom stereocenters. The van der Waals surface area contributed by atoms with Crippen LogP contribution in [0.3, 0.4) is 0 Å². The third-order valence-corrected chi connectivity index (χ3v) is 14.1. The highest BCUT2D eigenvalue weighted by Gasteiger charge is 2.31. The van der Waals surface area contributed by atoms with Crippen LogP contribution in [0.4, 0.5) is 28.8 Å². The number of ether oxygens (including phenoxy) is 1. The Bertz CT molecular complexity index is 2850. The topological polar surface area (TPSA) is 211 Å². The number of aromatic nitrogens is 5. The molecule has 0 radical (unpaired) electrons. The van der Waals surface area contributed by atoms with Gasteiger partial charge in [-0.3, -0.25) is 24.5 Å². The lowest BCUT2D eigenvalue weighted by Crippen LogP contribution is -2.44. The van der Waals surface area contributed by atoms with E-state index >= 15 is 0 Å². The maximum absolute atomic E-state index is 13.7. The number of benzene rings is 3. The second-order valence-electron chi connectivity index (χ2n) is 16.8. The molecule has 0 bridgehead atoms. The van der Waals surface area contributed by atoms with E-state index in [0.29, 0.717) is 61.2 Å². The first-order chi connectivity index (χ1) is 31.3. The summed E-state index contributed by atoms with van der Waals surface area (Å²) in [5.74, 6) is 0.139. The van der Waals surface area contributed by atoms with E-state index in [2.05, 4.69) is 76.4 Å². The van der Waals surface area contributed by atoms with E-state index in [1.807, 2.05) is 37.3 Å². The number of rotatable bonds is 17. The highest BCUT2D eigenvalue weighted by atomic mass is 79.9. The molecule has 2 aliphatic rings. The van der Waals surface area contributed by atoms with Gasteiger partial charge in [-0.2, -0.15) is 4.98 Å². The molecule has 2 aliphatic heterocycles. The van der Waals surface area contributed by atoms with Gasteiger partial charge in [0.2, 0.25) is 17.8 Å². The lowest BCUT2D eigenvalue weighted by Gasteiger charge is -2.35. The van der Waals surface area contributed by atoms with Gasteiger partial charge in [-0.15, -0.1) is 0 Å². The van der Waals surface area contributed by atoms with Crippen LogP contribution in [0.5, 0.6) is 5.75 Å². The van der Waals surface area contributed by atoms with Crippen molar-refractivity contribution in [2.75, 3.05) is 68.7 Å². The molecule has 2 fully saturated rings. The fraction of sp³-hybridized carbons (Fsp3) is 0.413. The van der Waals surface area contributed by atoms with Gasteiger partial charge in [-0.1, -0.05) is 19.9 Å². The average molecular weight is 969 g/mol. The molecule has 1 atom stereocenters. The number of methoxy groups -OCH3 is 1. The summed E-state index contributed by atoms with van der Waals surface area (Å²) in [6.07, 6.45) is 8.22. The minimum atomic E-state index is -2.80. The number of aryl methyl sites for hydroxylation is 2. The van der Waals surface area contributed by atoms with E-state index in [-0.39, 0.29) is 18.7 Å². The highest BCUT2D eigenvalue weighted by molar-refractivity contribution is 9.10. The number of imide groups is 1. The summed E-state index contributed by atoms with van der Waals surface area (Å²) in [4.78, 5) is 57.9. The van der Waals surface area contributed by atoms with E-state index < -0.39 is 24.8 Å². The van der Waals surface area contributed by atoms with Gasteiger partial charge in [0.05, 0.1) is 45.0 Å².